The van der Waals surface area contributed by atoms with Crippen LogP contribution in [0.4, 0.5) is 0 Å². The summed E-state index contributed by atoms with van der Waals surface area (Å²) < 4.78 is 5.17. The van der Waals surface area contributed by atoms with Crippen molar-refractivity contribution in [1.82, 2.24) is 4.98 Å². The molecule has 1 aromatic rings. The van der Waals surface area contributed by atoms with Crippen molar-refractivity contribution in [2.45, 2.75) is 45.4 Å². The minimum Gasteiger partial charge on any atom is -0.462 e. The fourth-order valence-electron chi connectivity index (χ4n) is 3.08. The lowest BCUT2D eigenvalue weighted by Gasteiger charge is -2.22. The van der Waals surface area contributed by atoms with E-state index in [-0.39, 0.29) is 11.8 Å². The molecule has 1 heterocycles. The highest BCUT2D eigenvalue weighted by atomic mass is 16.5. The summed E-state index contributed by atoms with van der Waals surface area (Å²) in [5.41, 5.74) is 4.40. The van der Waals surface area contributed by atoms with E-state index in [0.29, 0.717) is 42.2 Å². The van der Waals surface area contributed by atoms with Crippen molar-refractivity contribution in [2.24, 2.45) is 0 Å². The molecule has 0 radical (unpaired) electrons. The number of carbonyl (C=O) groups is 2. The zero-order chi connectivity index (χ0) is 15.1. The number of hydrogen-bond acceptors (Lipinski definition) is 4. The molecule has 1 fully saturated rings. The zero-order valence-electron chi connectivity index (χ0n) is 12.5. The number of Topliss-reactive ketones (excluding diaryl/α,β-unsaturated/α-hetero) is 1. The molecule has 0 aliphatic heterocycles. The quantitative estimate of drug-likeness (QED) is 0.632. The van der Waals surface area contributed by atoms with Crippen LogP contribution in [0.5, 0.6) is 0 Å². The summed E-state index contributed by atoms with van der Waals surface area (Å²) in [6, 6.07) is 0. The number of ketones is 1. The second-order valence-electron chi connectivity index (χ2n) is 5.83. The number of pyridine rings is 1. The average molecular weight is 285 g/mol. The fraction of sp³-hybridized carbons (Fsp3) is 0.471. The van der Waals surface area contributed by atoms with Gasteiger partial charge in [0.05, 0.1) is 23.6 Å². The topological polar surface area (TPSA) is 56.3 Å². The molecule has 0 N–H and O–H groups in total. The van der Waals surface area contributed by atoms with E-state index in [1.54, 1.807) is 6.92 Å². The van der Waals surface area contributed by atoms with Gasteiger partial charge in [-0.1, -0.05) is 12.2 Å². The highest BCUT2D eigenvalue weighted by Gasteiger charge is 2.37. The largest absolute Gasteiger partial charge is 0.462 e. The van der Waals surface area contributed by atoms with Gasteiger partial charge < -0.3 is 4.74 Å². The van der Waals surface area contributed by atoms with Crippen LogP contribution in [0.25, 0.3) is 0 Å². The summed E-state index contributed by atoms with van der Waals surface area (Å²) in [5.74, 6) is -0.0132. The molecule has 0 bridgehead atoms. The molecular formula is C17H19NO3. The van der Waals surface area contributed by atoms with Crippen molar-refractivity contribution in [3.8, 4) is 0 Å². The molecule has 110 valence electrons. The number of carbonyl (C=O) groups excluding carboxylic acids is 2. The number of aryl methyl sites for hydroxylation is 1. The maximum absolute atomic E-state index is 12.4. The van der Waals surface area contributed by atoms with E-state index < -0.39 is 0 Å². The van der Waals surface area contributed by atoms with Crippen molar-refractivity contribution in [3.05, 3.63) is 40.2 Å². The van der Waals surface area contributed by atoms with E-state index in [0.717, 1.165) is 29.7 Å². The molecule has 0 saturated heterocycles. The van der Waals surface area contributed by atoms with Gasteiger partial charge in [-0.3, -0.25) is 9.78 Å². The maximum atomic E-state index is 12.4. The number of ether oxygens (including phenoxy) is 1. The number of hydrogen-bond donors (Lipinski definition) is 0. The smallest absolute Gasteiger partial charge is 0.340 e. The molecule has 4 nitrogen and oxygen atoms in total. The number of fused-ring (bicyclic) bond motifs is 1. The molecule has 4 heteroatoms. The van der Waals surface area contributed by atoms with Gasteiger partial charge in [0.15, 0.2) is 5.78 Å². The Labute approximate surface area is 124 Å². The van der Waals surface area contributed by atoms with Gasteiger partial charge in [0.1, 0.15) is 0 Å². The Balaban J connectivity index is 2.22. The van der Waals surface area contributed by atoms with Gasteiger partial charge in [0, 0.05) is 18.4 Å². The highest BCUT2D eigenvalue weighted by Crippen LogP contribution is 2.46. The summed E-state index contributed by atoms with van der Waals surface area (Å²) in [6.07, 6.45) is 3.04. The Morgan fingerprint density at radius 1 is 1.38 bits per heavy atom. The number of aromatic nitrogens is 1. The molecule has 1 saturated carbocycles. The molecule has 3 rings (SSSR count). The van der Waals surface area contributed by atoms with E-state index in [1.807, 2.05) is 6.92 Å². The first kappa shape index (κ1) is 14.0. The van der Waals surface area contributed by atoms with Crippen LogP contribution in [0.15, 0.2) is 12.2 Å². The number of nitrogens with zero attached hydrogens (tertiary/aromatic N) is 1. The first-order valence-corrected chi connectivity index (χ1v) is 7.43. The second kappa shape index (κ2) is 5.10. The van der Waals surface area contributed by atoms with Gasteiger partial charge in [0.25, 0.3) is 0 Å². The van der Waals surface area contributed by atoms with E-state index in [1.165, 1.54) is 0 Å². The number of allylic oxidation sites excluding steroid dienone is 1. The van der Waals surface area contributed by atoms with E-state index in [2.05, 4.69) is 11.6 Å². The predicted octanol–water partition coefficient (Wildman–Crippen LogP) is 3.13. The van der Waals surface area contributed by atoms with Crippen LogP contribution in [0.3, 0.4) is 0 Å². The zero-order valence-corrected chi connectivity index (χ0v) is 12.5. The Morgan fingerprint density at radius 3 is 2.71 bits per heavy atom. The molecule has 1 aromatic heterocycles. The molecule has 2 aliphatic rings. The molecule has 21 heavy (non-hydrogen) atoms. The summed E-state index contributed by atoms with van der Waals surface area (Å²) in [7, 11) is 0. The lowest BCUT2D eigenvalue weighted by Crippen LogP contribution is -2.22. The average Bonchev–Trinajstić information content (AvgIpc) is 3.20. The molecule has 0 unspecified atom stereocenters. The van der Waals surface area contributed by atoms with Crippen molar-refractivity contribution >= 4 is 11.8 Å². The third-order valence-electron chi connectivity index (χ3n) is 4.06. The Morgan fingerprint density at radius 2 is 2.10 bits per heavy atom. The number of rotatable bonds is 3. The van der Waals surface area contributed by atoms with Crippen LogP contribution in [0.1, 0.15) is 69.8 Å². The van der Waals surface area contributed by atoms with Crippen molar-refractivity contribution < 1.29 is 14.3 Å². The molecule has 2 aliphatic carbocycles. The lowest BCUT2D eigenvalue weighted by molar-refractivity contribution is 0.0523. The van der Waals surface area contributed by atoms with Crippen LogP contribution in [-0.2, 0) is 11.2 Å². The fourth-order valence-corrected chi connectivity index (χ4v) is 3.08. The molecule has 0 atom stereocenters. The Bertz CT molecular complexity index is 656. The minimum atomic E-state index is -0.357. The first-order valence-electron chi connectivity index (χ1n) is 7.43. The normalized spacial score (nSPS) is 17.6. The van der Waals surface area contributed by atoms with Gasteiger partial charge in [-0.15, -0.1) is 0 Å². The van der Waals surface area contributed by atoms with Crippen LogP contribution in [-0.4, -0.2) is 23.3 Å². The maximum Gasteiger partial charge on any atom is 0.340 e. The van der Waals surface area contributed by atoms with Gasteiger partial charge in [-0.2, -0.15) is 0 Å². The lowest BCUT2D eigenvalue weighted by atomic mass is 9.84. The summed E-state index contributed by atoms with van der Waals surface area (Å²) in [6.45, 7) is 7.84. The summed E-state index contributed by atoms with van der Waals surface area (Å²) >= 11 is 0. The van der Waals surface area contributed by atoms with Gasteiger partial charge in [0.2, 0.25) is 0 Å². The third-order valence-corrected chi connectivity index (χ3v) is 4.06. The highest BCUT2D eigenvalue weighted by molar-refractivity contribution is 6.05. The monoisotopic (exact) mass is 285 g/mol. The molecular weight excluding hydrogens is 266 g/mol. The van der Waals surface area contributed by atoms with Crippen LogP contribution in [0, 0.1) is 6.92 Å². The Kier molecular flexibility index (Phi) is 3.40. The third kappa shape index (κ3) is 2.39. The van der Waals surface area contributed by atoms with E-state index in [9.17, 15) is 9.59 Å². The van der Waals surface area contributed by atoms with Gasteiger partial charge in [-0.25, -0.2) is 4.79 Å². The number of esters is 1. The first-order chi connectivity index (χ1) is 10.0. The minimum absolute atomic E-state index is 0.0428. The van der Waals surface area contributed by atoms with Crippen molar-refractivity contribution in [3.63, 3.8) is 0 Å². The van der Waals surface area contributed by atoms with Crippen LogP contribution >= 0.6 is 0 Å². The molecule has 0 aromatic carbocycles. The predicted molar refractivity (Wildman–Crippen MR) is 78.7 cm³/mol. The van der Waals surface area contributed by atoms with Crippen molar-refractivity contribution in [2.75, 3.05) is 6.61 Å². The molecule has 0 amide bonds. The summed E-state index contributed by atoms with van der Waals surface area (Å²) in [5, 5.41) is 0. The van der Waals surface area contributed by atoms with Gasteiger partial charge in [-0.05, 0) is 38.2 Å². The van der Waals surface area contributed by atoms with Gasteiger partial charge >= 0.3 is 5.97 Å². The SMILES string of the molecule is C=C1CC(=O)c2c(nc(C)c(C(=O)OCC)c2C2CC2)C1. The second-order valence-corrected chi connectivity index (χ2v) is 5.83. The van der Waals surface area contributed by atoms with Crippen LogP contribution < -0.4 is 0 Å². The summed E-state index contributed by atoms with van der Waals surface area (Å²) in [4.78, 5) is 29.2. The van der Waals surface area contributed by atoms with Crippen LogP contribution in [0.2, 0.25) is 0 Å². The standard InChI is InChI=1S/C17H19NO3/c1-4-21-17(20)14-10(3)18-12-7-9(2)8-13(19)16(12)15(14)11-5-6-11/h11H,2,4-8H2,1,3H3. The van der Waals surface area contributed by atoms with Crippen molar-refractivity contribution in [1.29, 1.82) is 0 Å². The Hall–Kier alpha value is -1.97. The molecule has 0 spiro atoms. The van der Waals surface area contributed by atoms with E-state index in [4.69, 9.17) is 4.74 Å². The van der Waals surface area contributed by atoms with E-state index >= 15 is 0 Å².